The van der Waals surface area contributed by atoms with Crippen LogP contribution in [0.5, 0.6) is 0 Å². The van der Waals surface area contributed by atoms with Crippen molar-refractivity contribution in [2.24, 2.45) is 12.0 Å². The van der Waals surface area contributed by atoms with Crippen LogP contribution < -0.4 is 15.4 Å². The Hall–Kier alpha value is -0.850. The van der Waals surface area contributed by atoms with Gasteiger partial charge < -0.3 is 20.3 Å². The van der Waals surface area contributed by atoms with E-state index in [1.807, 2.05) is 20.8 Å². The highest BCUT2D eigenvalue weighted by atomic mass is 127. The molecule has 1 aromatic rings. The molecule has 0 atom stereocenters. The number of halogens is 1. The quantitative estimate of drug-likeness (QED) is 0.143. The molecule has 164 valence electrons. The number of hydrogen-bond acceptors (Lipinski definition) is 4. The molecule has 28 heavy (non-hydrogen) atoms. The molecule has 0 saturated carbocycles. The number of aliphatic imine (C=N–C) groups is 1. The molecule has 0 bridgehead atoms. The van der Waals surface area contributed by atoms with Crippen molar-refractivity contribution < 1.29 is 13.5 Å². The highest BCUT2D eigenvalue weighted by molar-refractivity contribution is 14.0. The van der Waals surface area contributed by atoms with Crippen molar-refractivity contribution in [2.45, 2.75) is 57.0 Å². The van der Waals surface area contributed by atoms with Crippen molar-refractivity contribution in [1.82, 2.24) is 19.9 Å². The zero-order chi connectivity index (χ0) is 20.3. The van der Waals surface area contributed by atoms with Gasteiger partial charge in [-0.2, -0.15) is 0 Å². The Morgan fingerprint density at radius 1 is 1.18 bits per heavy atom. The summed E-state index contributed by atoms with van der Waals surface area (Å²) in [4.78, 5) is 4.73. The Morgan fingerprint density at radius 3 is 2.32 bits per heavy atom. The maximum absolute atomic E-state index is 12.2. The number of aliphatic hydroxyl groups is 1. The molecule has 0 aliphatic rings. The fourth-order valence-electron chi connectivity index (χ4n) is 2.87. The number of hydrogen-bond donors (Lipinski definition) is 4. The molecule has 0 fully saturated rings. The lowest BCUT2D eigenvalue weighted by molar-refractivity contribution is 0.0306. The van der Waals surface area contributed by atoms with E-state index in [-0.39, 0.29) is 35.4 Å². The summed E-state index contributed by atoms with van der Waals surface area (Å²) in [6, 6.07) is 1.56. The van der Waals surface area contributed by atoms with Crippen molar-refractivity contribution in [2.75, 3.05) is 26.2 Å². The predicted molar refractivity (Wildman–Crippen MR) is 125 cm³/mol. The summed E-state index contributed by atoms with van der Waals surface area (Å²) in [7, 11) is -1.74. The van der Waals surface area contributed by atoms with Crippen LogP contribution in [0.25, 0.3) is 0 Å². The van der Waals surface area contributed by atoms with Crippen LogP contribution in [0.1, 0.15) is 46.5 Å². The zero-order valence-electron chi connectivity index (χ0n) is 17.4. The molecule has 0 aliphatic carbocycles. The van der Waals surface area contributed by atoms with E-state index in [0.29, 0.717) is 38.4 Å². The second-order valence-corrected chi connectivity index (χ2v) is 8.52. The summed E-state index contributed by atoms with van der Waals surface area (Å²) >= 11 is 0. The normalized spacial score (nSPS) is 12.5. The molecular formula is C18H36IN5O3S. The first-order valence-corrected chi connectivity index (χ1v) is 11.1. The summed E-state index contributed by atoms with van der Waals surface area (Å²) < 4.78 is 28.6. The van der Waals surface area contributed by atoms with E-state index in [1.54, 1.807) is 30.1 Å². The third-order valence-corrected chi connectivity index (χ3v) is 5.58. The molecule has 1 rings (SSSR count). The van der Waals surface area contributed by atoms with E-state index in [0.717, 1.165) is 12.8 Å². The van der Waals surface area contributed by atoms with Crippen LogP contribution in [0.2, 0.25) is 0 Å². The van der Waals surface area contributed by atoms with Crippen LogP contribution in [0.3, 0.4) is 0 Å². The van der Waals surface area contributed by atoms with Crippen LogP contribution in [-0.4, -0.2) is 55.8 Å². The molecule has 0 spiro atoms. The van der Waals surface area contributed by atoms with Gasteiger partial charge >= 0.3 is 0 Å². The van der Waals surface area contributed by atoms with Crippen molar-refractivity contribution in [3.05, 3.63) is 18.5 Å². The molecule has 1 aromatic heterocycles. The number of sulfonamides is 1. The Kier molecular flexibility index (Phi) is 13.0. The van der Waals surface area contributed by atoms with Gasteiger partial charge in [0.1, 0.15) is 0 Å². The molecule has 4 N–H and O–H groups in total. The SMILES string of the molecule is CCCC(O)(CCC)CN=C(NCC)NCCNS(=O)(=O)c1ccn(C)c1.I. The fraction of sp³-hybridized carbons (Fsp3) is 0.722. The largest absolute Gasteiger partial charge is 0.388 e. The smallest absolute Gasteiger partial charge is 0.242 e. The highest BCUT2D eigenvalue weighted by Crippen LogP contribution is 2.19. The van der Waals surface area contributed by atoms with Gasteiger partial charge in [0.2, 0.25) is 10.0 Å². The van der Waals surface area contributed by atoms with Gasteiger partial charge in [-0.3, -0.25) is 4.99 Å². The molecule has 0 saturated heterocycles. The molecular weight excluding hydrogens is 493 g/mol. The first-order chi connectivity index (χ1) is 12.8. The Morgan fingerprint density at radius 2 is 1.82 bits per heavy atom. The van der Waals surface area contributed by atoms with Gasteiger partial charge in [0.15, 0.2) is 5.96 Å². The summed E-state index contributed by atoms with van der Waals surface area (Å²) in [6.07, 6.45) is 6.47. The number of nitrogens with zero attached hydrogens (tertiary/aromatic N) is 2. The molecule has 0 unspecified atom stereocenters. The van der Waals surface area contributed by atoms with E-state index in [2.05, 4.69) is 20.3 Å². The van der Waals surface area contributed by atoms with Crippen LogP contribution in [0.15, 0.2) is 28.3 Å². The lowest BCUT2D eigenvalue weighted by Crippen LogP contribution is -2.43. The minimum atomic E-state index is -3.51. The summed E-state index contributed by atoms with van der Waals surface area (Å²) in [5.74, 6) is 0.571. The fourth-order valence-corrected chi connectivity index (χ4v) is 3.95. The predicted octanol–water partition coefficient (Wildman–Crippen LogP) is 1.81. The van der Waals surface area contributed by atoms with Crippen molar-refractivity contribution >= 4 is 40.0 Å². The third-order valence-electron chi connectivity index (χ3n) is 4.13. The first-order valence-electron chi connectivity index (χ1n) is 9.62. The van der Waals surface area contributed by atoms with Crippen LogP contribution in [0, 0.1) is 0 Å². The number of nitrogens with one attached hydrogen (secondary N) is 3. The van der Waals surface area contributed by atoms with Gasteiger partial charge in [-0.05, 0) is 25.8 Å². The van der Waals surface area contributed by atoms with E-state index in [1.165, 1.54) is 0 Å². The third kappa shape index (κ3) is 9.57. The molecule has 8 nitrogen and oxygen atoms in total. The number of guanidine groups is 1. The van der Waals surface area contributed by atoms with Gasteiger partial charge in [0.05, 0.1) is 17.0 Å². The lowest BCUT2D eigenvalue weighted by Gasteiger charge is -2.26. The minimum Gasteiger partial charge on any atom is -0.388 e. The van der Waals surface area contributed by atoms with Gasteiger partial charge in [-0.25, -0.2) is 13.1 Å². The summed E-state index contributed by atoms with van der Waals surface area (Å²) in [5, 5.41) is 16.9. The number of aromatic nitrogens is 1. The summed E-state index contributed by atoms with van der Waals surface area (Å²) in [6.45, 7) is 7.67. The number of aryl methyl sites for hydroxylation is 1. The molecule has 10 heteroatoms. The maximum atomic E-state index is 12.2. The standard InChI is InChI=1S/C18H35N5O3S.HI/c1-5-9-18(24,10-6-2)15-21-17(19-7-3)20-11-12-22-27(25,26)16-8-13-23(4)14-16;/h8,13-14,22,24H,5-7,9-12,15H2,1-4H3,(H2,19,20,21);1H. The van der Waals surface area contributed by atoms with E-state index in [4.69, 9.17) is 0 Å². The van der Waals surface area contributed by atoms with Gasteiger partial charge in [0.25, 0.3) is 0 Å². The highest BCUT2D eigenvalue weighted by Gasteiger charge is 2.24. The van der Waals surface area contributed by atoms with Crippen LogP contribution >= 0.6 is 24.0 Å². The zero-order valence-corrected chi connectivity index (χ0v) is 20.5. The lowest BCUT2D eigenvalue weighted by atomic mass is 9.93. The maximum Gasteiger partial charge on any atom is 0.242 e. The van der Waals surface area contributed by atoms with Crippen molar-refractivity contribution in [3.8, 4) is 0 Å². The van der Waals surface area contributed by atoms with Crippen LogP contribution in [-0.2, 0) is 17.1 Å². The Labute approximate surface area is 186 Å². The van der Waals surface area contributed by atoms with Crippen LogP contribution in [0.4, 0.5) is 0 Å². The molecule has 0 radical (unpaired) electrons. The molecule has 0 aromatic carbocycles. The van der Waals surface area contributed by atoms with Gasteiger partial charge in [0, 0.05) is 39.1 Å². The van der Waals surface area contributed by atoms with E-state index >= 15 is 0 Å². The average molecular weight is 529 g/mol. The van der Waals surface area contributed by atoms with E-state index < -0.39 is 15.6 Å². The average Bonchev–Trinajstić information content (AvgIpc) is 3.04. The second-order valence-electron chi connectivity index (χ2n) is 6.76. The molecule has 0 amide bonds. The van der Waals surface area contributed by atoms with E-state index in [9.17, 15) is 13.5 Å². The van der Waals surface area contributed by atoms with Gasteiger partial charge in [-0.15, -0.1) is 24.0 Å². The number of rotatable bonds is 12. The van der Waals surface area contributed by atoms with Gasteiger partial charge in [-0.1, -0.05) is 26.7 Å². The topological polar surface area (TPSA) is 108 Å². The molecule has 0 aliphatic heterocycles. The van der Waals surface area contributed by atoms with Crippen molar-refractivity contribution in [3.63, 3.8) is 0 Å². The van der Waals surface area contributed by atoms with Crippen molar-refractivity contribution in [1.29, 1.82) is 0 Å². The molecule has 1 heterocycles. The minimum absolute atomic E-state index is 0. The second kappa shape index (κ2) is 13.4. The summed E-state index contributed by atoms with van der Waals surface area (Å²) in [5.41, 5.74) is -0.791. The first kappa shape index (κ1) is 27.1. The monoisotopic (exact) mass is 529 g/mol. The Balaban J connectivity index is 0.00000729. The Bertz CT molecular complexity index is 685.